The number of hydrogen-bond acceptors (Lipinski definition) is 2. The number of hydrogen-bond donors (Lipinski definition) is 1. The maximum absolute atomic E-state index is 11.1. The van der Waals surface area contributed by atoms with Crippen molar-refractivity contribution in [3.05, 3.63) is 53.3 Å². The summed E-state index contributed by atoms with van der Waals surface area (Å²) in [5.41, 5.74) is 2.09. The van der Waals surface area contributed by atoms with Gasteiger partial charge < -0.3 is 5.11 Å². The Labute approximate surface area is 106 Å². The first-order valence-electron chi connectivity index (χ1n) is 6.04. The lowest BCUT2D eigenvalue weighted by molar-refractivity contribution is 0.0695. The lowest BCUT2D eigenvalue weighted by Gasteiger charge is -2.00. The van der Waals surface area contributed by atoms with Crippen molar-refractivity contribution in [1.29, 1.82) is 0 Å². The minimum atomic E-state index is -0.905. The van der Waals surface area contributed by atoms with Gasteiger partial charge in [-0.15, -0.1) is 0 Å². The van der Waals surface area contributed by atoms with E-state index in [9.17, 15) is 4.79 Å². The molecule has 0 radical (unpaired) electrons. The quantitative estimate of drug-likeness (QED) is 0.879. The van der Waals surface area contributed by atoms with E-state index in [0.717, 1.165) is 12.0 Å². The number of nitrogens with zero attached hydrogens (tertiary/aromatic N) is 2. The van der Waals surface area contributed by atoms with E-state index in [-0.39, 0.29) is 0 Å². The van der Waals surface area contributed by atoms with Crippen LogP contribution in [0, 0.1) is 0 Å². The Bertz CT molecular complexity index is 532. The molecule has 18 heavy (non-hydrogen) atoms. The highest BCUT2D eigenvalue weighted by Gasteiger charge is 2.14. The second kappa shape index (κ2) is 5.49. The Morgan fingerprint density at radius 1 is 1.33 bits per heavy atom. The molecule has 1 aromatic heterocycles. The predicted molar refractivity (Wildman–Crippen MR) is 68.7 cm³/mol. The van der Waals surface area contributed by atoms with Crippen LogP contribution in [0.4, 0.5) is 0 Å². The number of carbonyl (C=O) groups is 1. The van der Waals surface area contributed by atoms with Crippen LogP contribution in [0.1, 0.15) is 35.0 Å². The molecule has 0 aliphatic heterocycles. The number of aromatic carboxylic acids is 1. The van der Waals surface area contributed by atoms with Crippen LogP contribution >= 0.6 is 0 Å². The second-order valence-corrected chi connectivity index (χ2v) is 4.23. The van der Waals surface area contributed by atoms with Gasteiger partial charge in [-0.2, -0.15) is 5.10 Å². The van der Waals surface area contributed by atoms with Crippen LogP contribution in [0.25, 0.3) is 0 Å². The van der Waals surface area contributed by atoms with Crippen molar-refractivity contribution in [3.63, 3.8) is 0 Å². The molecular formula is C14H16N2O2. The van der Waals surface area contributed by atoms with Crippen molar-refractivity contribution < 1.29 is 9.90 Å². The molecule has 0 saturated heterocycles. The highest BCUT2D eigenvalue weighted by atomic mass is 16.4. The Kier molecular flexibility index (Phi) is 3.77. The van der Waals surface area contributed by atoms with Crippen LogP contribution in [0.5, 0.6) is 0 Å². The standard InChI is InChI=1S/C14H16N2O2/c1-2-6-13-12(14(17)18)10-16(15-13)9-11-7-4-3-5-8-11/h3-5,7-8,10H,2,6,9H2,1H3,(H,17,18). The van der Waals surface area contributed by atoms with Crippen LogP contribution in [0.3, 0.4) is 0 Å². The lowest BCUT2D eigenvalue weighted by Crippen LogP contribution is -2.00. The molecule has 1 aromatic carbocycles. The van der Waals surface area contributed by atoms with E-state index in [2.05, 4.69) is 5.10 Å². The molecule has 94 valence electrons. The van der Waals surface area contributed by atoms with Crippen molar-refractivity contribution >= 4 is 5.97 Å². The fourth-order valence-corrected chi connectivity index (χ4v) is 1.91. The van der Waals surface area contributed by atoms with E-state index in [4.69, 9.17) is 5.11 Å². The van der Waals surface area contributed by atoms with Gasteiger partial charge >= 0.3 is 5.97 Å². The molecule has 1 N–H and O–H groups in total. The average molecular weight is 244 g/mol. The molecule has 0 amide bonds. The molecule has 4 heteroatoms. The normalized spacial score (nSPS) is 10.5. The zero-order valence-corrected chi connectivity index (χ0v) is 10.3. The maximum Gasteiger partial charge on any atom is 0.339 e. The molecule has 0 aliphatic rings. The summed E-state index contributed by atoms with van der Waals surface area (Å²) in [4.78, 5) is 11.1. The molecule has 2 aromatic rings. The molecule has 0 spiro atoms. The Balaban J connectivity index is 2.24. The number of benzene rings is 1. The summed E-state index contributed by atoms with van der Waals surface area (Å²) in [7, 11) is 0. The fourth-order valence-electron chi connectivity index (χ4n) is 1.91. The zero-order chi connectivity index (χ0) is 13.0. The monoisotopic (exact) mass is 244 g/mol. The summed E-state index contributed by atoms with van der Waals surface area (Å²) < 4.78 is 1.70. The Hall–Kier alpha value is -2.10. The van der Waals surface area contributed by atoms with E-state index >= 15 is 0 Å². The summed E-state index contributed by atoms with van der Waals surface area (Å²) in [6.45, 7) is 2.62. The topological polar surface area (TPSA) is 55.1 Å². The number of aryl methyl sites for hydroxylation is 1. The van der Waals surface area contributed by atoms with E-state index in [0.29, 0.717) is 24.2 Å². The van der Waals surface area contributed by atoms with Gasteiger partial charge in [0.25, 0.3) is 0 Å². The summed E-state index contributed by atoms with van der Waals surface area (Å²) in [5, 5.41) is 13.5. The summed E-state index contributed by atoms with van der Waals surface area (Å²) in [6.07, 6.45) is 3.20. The van der Waals surface area contributed by atoms with E-state index in [1.54, 1.807) is 10.9 Å². The van der Waals surface area contributed by atoms with Crippen molar-refractivity contribution in [2.75, 3.05) is 0 Å². The van der Waals surface area contributed by atoms with Crippen molar-refractivity contribution in [2.24, 2.45) is 0 Å². The molecule has 2 rings (SSSR count). The van der Waals surface area contributed by atoms with Crippen LogP contribution in [0.2, 0.25) is 0 Å². The van der Waals surface area contributed by atoms with E-state index < -0.39 is 5.97 Å². The molecule has 4 nitrogen and oxygen atoms in total. The fraction of sp³-hybridized carbons (Fsp3) is 0.286. The number of rotatable bonds is 5. The highest BCUT2D eigenvalue weighted by Crippen LogP contribution is 2.11. The van der Waals surface area contributed by atoms with Gasteiger partial charge in [-0.3, -0.25) is 4.68 Å². The highest BCUT2D eigenvalue weighted by molar-refractivity contribution is 5.88. The second-order valence-electron chi connectivity index (χ2n) is 4.23. The van der Waals surface area contributed by atoms with Gasteiger partial charge in [0.2, 0.25) is 0 Å². The molecule has 0 saturated carbocycles. The van der Waals surface area contributed by atoms with E-state index in [1.807, 2.05) is 37.3 Å². The van der Waals surface area contributed by atoms with Crippen LogP contribution < -0.4 is 0 Å². The molecule has 1 heterocycles. The third-order valence-corrected chi connectivity index (χ3v) is 2.74. The summed E-state index contributed by atoms with van der Waals surface area (Å²) in [5.74, 6) is -0.905. The van der Waals surface area contributed by atoms with Crippen molar-refractivity contribution in [2.45, 2.75) is 26.3 Å². The van der Waals surface area contributed by atoms with Crippen LogP contribution in [-0.4, -0.2) is 20.9 Å². The van der Waals surface area contributed by atoms with Gasteiger partial charge in [-0.25, -0.2) is 4.79 Å². The molecule has 0 bridgehead atoms. The first-order valence-corrected chi connectivity index (χ1v) is 6.04. The first-order chi connectivity index (χ1) is 8.70. The molecular weight excluding hydrogens is 228 g/mol. The van der Waals surface area contributed by atoms with Gasteiger partial charge in [0.15, 0.2) is 0 Å². The maximum atomic E-state index is 11.1. The van der Waals surface area contributed by atoms with Gasteiger partial charge in [0.1, 0.15) is 5.56 Å². The molecule has 0 atom stereocenters. The van der Waals surface area contributed by atoms with Gasteiger partial charge in [-0.1, -0.05) is 43.7 Å². The Morgan fingerprint density at radius 3 is 2.67 bits per heavy atom. The predicted octanol–water partition coefficient (Wildman–Crippen LogP) is 2.58. The van der Waals surface area contributed by atoms with Crippen molar-refractivity contribution in [1.82, 2.24) is 9.78 Å². The SMILES string of the molecule is CCCc1nn(Cc2ccccc2)cc1C(=O)O. The largest absolute Gasteiger partial charge is 0.478 e. The minimum absolute atomic E-state index is 0.313. The Morgan fingerprint density at radius 2 is 2.06 bits per heavy atom. The van der Waals surface area contributed by atoms with Crippen LogP contribution in [0.15, 0.2) is 36.5 Å². The summed E-state index contributed by atoms with van der Waals surface area (Å²) >= 11 is 0. The van der Waals surface area contributed by atoms with Crippen LogP contribution in [-0.2, 0) is 13.0 Å². The third-order valence-electron chi connectivity index (χ3n) is 2.74. The van der Waals surface area contributed by atoms with Gasteiger partial charge in [-0.05, 0) is 12.0 Å². The molecule has 0 fully saturated rings. The number of aromatic nitrogens is 2. The van der Waals surface area contributed by atoms with E-state index in [1.165, 1.54) is 0 Å². The third kappa shape index (κ3) is 2.77. The molecule has 0 unspecified atom stereocenters. The minimum Gasteiger partial charge on any atom is -0.478 e. The lowest BCUT2D eigenvalue weighted by atomic mass is 10.2. The average Bonchev–Trinajstić information content (AvgIpc) is 2.74. The number of carboxylic acids is 1. The smallest absolute Gasteiger partial charge is 0.339 e. The first kappa shape index (κ1) is 12.4. The summed E-state index contributed by atoms with van der Waals surface area (Å²) in [6, 6.07) is 9.88. The van der Waals surface area contributed by atoms with Gasteiger partial charge in [0.05, 0.1) is 12.2 Å². The van der Waals surface area contributed by atoms with Gasteiger partial charge in [0, 0.05) is 6.20 Å². The van der Waals surface area contributed by atoms with Crippen molar-refractivity contribution in [3.8, 4) is 0 Å². The number of carboxylic acid groups (broad SMARTS) is 1. The molecule has 0 aliphatic carbocycles. The zero-order valence-electron chi connectivity index (χ0n) is 10.3.